The summed E-state index contributed by atoms with van der Waals surface area (Å²) in [6, 6.07) is 17.6. The van der Waals surface area contributed by atoms with Crippen LogP contribution in [0.2, 0.25) is 0 Å². The lowest BCUT2D eigenvalue weighted by Crippen LogP contribution is -2.25. The number of pyridine rings is 1. The molecule has 0 fully saturated rings. The summed E-state index contributed by atoms with van der Waals surface area (Å²) in [4.78, 5) is 21.9. The monoisotopic (exact) mass is 469 g/mol. The third-order valence-corrected chi connectivity index (χ3v) is 6.41. The van der Waals surface area contributed by atoms with Crippen LogP contribution in [0.3, 0.4) is 0 Å². The lowest BCUT2D eigenvalue weighted by Gasteiger charge is -2.18. The summed E-state index contributed by atoms with van der Waals surface area (Å²) < 4.78 is 7.34. The van der Waals surface area contributed by atoms with Crippen LogP contribution in [0.15, 0.2) is 76.3 Å². The molecule has 2 aromatic carbocycles. The molecule has 7 nitrogen and oxygen atoms in total. The number of hydrogen-bond donors (Lipinski definition) is 1. The van der Waals surface area contributed by atoms with Crippen LogP contribution in [0.25, 0.3) is 11.3 Å². The van der Waals surface area contributed by atoms with Crippen LogP contribution in [-0.2, 0) is 4.79 Å². The number of nitrogens with one attached hydrogen (secondary N) is 1. The molecule has 0 saturated carbocycles. The van der Waals surface area contributed by atoms with Gasteiger partial charge in [0.15, 0.2) is 6.61 Å². The minimum Gasteiger partial charge on any atom is -0.482 e. The van der Waals surface area contributed by atoms with Crippen molar-refractivity contribution in [2.24, 2.45) is 10.1 Å². The summed E-state index contributed by atoms with van der Waals surface area (Å²) >= 11 is 1.50. The highest BCUT2D eigenvalue weighted by Crippen LogP contribution is 2.33. The molecule has 1 aliphatic rings. The molecule has 3 heterocycles. The van der Waals surface area contributed by atoms with Crippen molar-refractivity contribution in [1.29, 1.82) is 0 Å². The first-order chi connectivity index (χ1) is 16.5. The van der Waals surface area contributed by atoms with Gasteiger partial charge >= 0.3 is 0 Å². The largest absolute Gasteiger partial charge is 0.482 e. The van der Waals surface area contributed by atoms with Crippen molar-refractivity contribution >= 4 is 34.3 Å². The molecule has 170 valence electrons. The van der Waals surface area contributed by atoms with E-state index in [-0.39, 0.29) is 12.5 Å². The molecule has 1 N–H and O–H groups in total. The molecule has 1 aliphatic heterocycles. The Labute approximate surface area is 201 Å². The van der Waals surface area contributed by atoms with Crippen LogP contribution >= 0.6 is 11.3 Å². The summed E-state index contributed by atoms with van der Waals surface area (Å²) in [5.74, 6) is 0.482. The lowest BCUT2D eigenvalue weighted by atomic mass is 10.1. The quantitative estimate of drug-likeness (QED) is 0.424. The average molecular weight is 470 g/mol. The summed E-state index contributed by atoms with van der Waals surface area (Å²) in [5, 5.41) is 9.79. The maximum absolute atomic E-state index is 11.8. The zero-order chi connectivity index (χ0) is 23.7. The molecular weight excluding hydrogens is 446 g/mol. The number of fused-ring (bicyclic) bond motifs is 1. The van der Waals surface area contributed by atoms with E-state index < -0.39 is 0 Å². The van der Waals surface area contributed by atoms with E-state index >= 15 is 0 Å². The van der Waals surface area contributed by atoms with E-state index in [4.69, 9.17) is 14.8 Å². The molecular formula is C26H23N5O2S. The molecule has 1 amide bonds. The highest BCUT2D eigenvalue weighted by Gasteiger charge is 2.18. The van der Waals surface area contributed by atoms with Crippen molar-refractivity contribution in [1.82, 2.24) is 9.66 Å². The molecule has 0 spiro atoms. The van der Waals surface area contributed by atoms with Gasteiger partial charge in [0, 0.05) is 17.1 Å². The summed E-state index contributed by atoms with van der Waals surface area (Å²) in [5.41, 5.74) is 7.20. The number of rotatable bonds is 4. The molecule has 4 aromatic rings. The van der Waals surface area contributed by atoms with E-state index in [0.717, 1.165) is 33.2 Å². The van der Waals surface area contributed by atoms with Crippen LogP contribution in [0.1, 0.15) is 23.7 Å². The highest BCUT2D eigenvalue weighted by atomic mass is 32.1. The second-order valence-corrected chi connectivity index (χ2v) is 8.88. The first-order valence-electron chi connectivity index (χ1n) is 10.8. The fraction of sp³-hybridized carbons (Fsp3) is 0.154. The van der Waals surface area contributed by atoms with Crippen molar-refractivity contribution in [2.75, 3.05) is 11.9 Å². The molecule has 34 heavy (non-hydrogen) atoms. The number of thiazole rings is 1. The second-order valence-electron chi connectivity index (χ2n) is 8.04. The number of aryl methyl sites for hydroxylation is 2. The predicted molar refractivity (Wildman–Crippen MR) is 135 cm³/mol. The van der Waals surface area contributed by atoms with Gasteiger partial charge < -0.3 is 10.1 Å². The number of carbonyl (C=O) groups is 1. The zero-order valence-electron chi connectivity index (χ0n) is 19.1. The normalized spacial score (nSPS) is 13.9. The van der Waals surface area contributed by atoms with Crippen molar-refractivity contribution in [3.05, 3.63) is 87.8 Å². The maximum Gasteiger partial charge on any atom is 0.262 e. The number of ether oxygens (including phenoxy) is 1. The summed E-state index contributed by atoms with van der Waals surface area (Å²) in [7, 11) is 0. The van der Waals surface area contributed by atoms with E-state index in [9.17, 15) is 4.79 Å². The smallest absolute Gasteiger partial charge is 0.262 e. The SMILES string of the molecule is CC(=Nn1c(-c2ccc3c(c2)NC(=O)CO3)csc1=Nc1ccc(C)c(C)c1)c1ccccn1. The van der Waals surface area contributed by atoms with E-state index in [1.807, 2.05) is 59.4 Å². The van der Waals surface area contributed by atoms with Crippen LogP contribution in [-0.4, -0.2) is 27.9 Å². The Bertz CT molecular complexity index is 1480. The van der Waals surface area contributed by atoms with E-state index in [1.165, 1.54) is 22.5 Å². The number of anilines is 1. The van der Waals surface area contributed by atoms with E-state index in [0.29, 0.717) is 11.4 Å². The average Bonchev–Trinajstić information content (AvgIpc) is 3.23. The predicted octanol–water partition coefficient (Wildman–Crippen LogP) is 5.06. The number of hydrogen-bond acceptors (Lipinski definition) is 6. The number of amides is 1. The molecule has 2 aromatic heterocycles. The minimum atomic E-state index is -0.169. The van der Waals surface area contributed by atoms with Gasteiger partial charge in [0.05, 0.1) is 28.5 Å². The van der Waals surface area contributed by atoms with Gasteiger partial charge in [-0.15, -0.1) is 11.3 Å². The number of aromatic nitrogens is 2. The van der Waals surface area contributed by atoms with Crippen molar-refractivity contribution in [3.8, 4) is 17.0 Å². The number of benzene rings is 2. The maximum atomic E-state index is 11.8. The lowest BCUT2D eigenvalue weighted by molar-refractivity contribution is -0.118. The number of carbonyl (C=O) groups excluding carboxylic acids is 1. The first kappa shape index (κ1) is 21.8. The Morgan fingerprint density at radius 3 is 2.79 bits per heavy atom. The summed E-state index contributed by atoms with van der Waals surface area (Å²) in [6.45, 7) is 6.12. The van der Waals surface area contributed by atoms with Gasteiger partial charge in [0.2, 0.25) is 4.80 Å². The molecule has 5 rings (SSSR count). The Morgan fingerprint density at radius 1 is 1.12 bits per heavy atom. The Balaban J connectivity index is 1.67. The van der Waals surface area contributed by atoms with Gasteiger partial charge in [-0.3, -0.25) is 9.78 Å². The van der Waals surface area contributed by atoms with Gasteiger partial charge in [-0.1, -0.05) is 12.1 Å². The van der Waals surface area contributed by atoms with E-state index in [1.54, 1.807) is 6.20 Å². The third kappa shape index (κ3) is 4.40. The van der Waals surface area contributed by atoms with Crippen LogP contribution in [0, 0.1) is 13.8 Å². The molecule has 0 aliphatic carbocycles. The molecule has 8 heteroatoms. The molecule has 0 saturated heterocycles. The standard InChI is InChI=1S/C26H23N5O2S/c1-16-7-9-20(12-17(16)2)28-26-31(30-18(3)21-6-4-5-11-27-21)23(15-34-26)19-8-10-24-22(13-19)29-25(32)14-33-24/h4-13,15H,14H2,1-3H3,(H,29,32). The van der Waals surface area contributed by atoms with Gasteiger partial charge in [-0.2, -0.15) is 5.10 Å². The molecule has 0 atom stereocenters. The third-order valence-electron chi connectivity index (χ3n) is 5.59. The molecule has 0 radical (unpaired) electrons. The molecule has 0 bridgehead atoms. The van der Waals surface area contributed by atoms with Gasteiger partial charge in [-0.25, -0.2) is 9.67 Å². The van der Waals surface area contributed by atoms with Crippen molar-refractivity contribution < 1.29 is 9.53 Å². The fourth-order valence-corrected chi connectivity index (χ4v) is 4.45. The fourth-order valence-electron chi connectivity index (χ4n) is 3.60. The van der Waals surface area contributed by atoms with Gasteiger partial charge in [0.1, 0.15) is 5.75 Å². The topological polar surface area (TPSA) is 80.9 Å². The van der Waals surface area contributed by atoms with Crippen molar-refractivity contribution in [3.63, 3.8) is 0 Å². The van der Waals surface area contributed by atoms with E-state index in [2.05, 4.69) is 36.3 Å². The molecule has 0 unspecified atom stereocenters. The Morgan fingerprint density at radius 2 is 2.00 bits per heavy atom. The van der Waals surface area contributed by atoms with Crippen LogP contribution < -0.4 is 14.9 Å². The Kier molecular flexibility index (Phi) is 5.81. The second kappa shape index (κ2) is 9.07. The zero-order valence-corrected chi connectivity index (χ0v) is 19.9. The van der Waals surface area contributed by atoms with Gasteiger partial charge in [0.25, 0.3) is 5.91 Å². The minimum absolute atomic E-state index is 0.0252. The summed E-state index contributed by atoms with van der Waals surface area (Å²) in [6.07, 6.45) is 1.75. The van der Waals surface area contributed by atoms with Crippen LogP contribution in [0.4, 0.5) is 11.4 Å². The van der Waals surface area contributed by atoms with Gasteiger partial charge in [-0.05, 0) is 74.4 Å². The Hall–Kier alpha value is -4.04. The first-order valence-corrected chi connectivity index (χ1v) is 11.7. The van der Waals surface area contributed by atoms with Crippen LogP contribution in [0.5, 0.6) is 5.75 Å². The number of nitrogens with zero attached hydrogens (tertiary/aromatic N) is 4. The van der Waals surface area contributed by atoms with Crippen molar-refractivity contribution in [2.45, 2.75) is 20.8 Å². The highest BCUT2D eigenvalue weighted by molar-refractivity contribution is 7.07.